The zero-order valence-corrected chi connectivity index (χ0v) is 6.67. The van der Waals surface area contributed by atoms with E-state index in [1.54, 1.807) is 0 Å². The first-order chi connectivity index (χ1) is 5.57. The van der Waals surface area contributed by atoms with Crippen molar-refractivity contribution in [2.24, 2.45) is 11.7 Å². The maximum atomic E-state index is 9.30. The highest BCUT2D eigenvalue weighted by atomic mass is 16.4. The van der Waals surface area contributed by atoms with Crippen LogP contribution in [-0.4, -0.2) is 51.4 Å². The Morgan fingerprint density at radius 1 is 1.08 bits per heavy atom. The first kappa shape index (κ1) is 9.88. The summed E-state index contributed by atoms with van der Waals surface area (Å²) in [5.74, 6) is -0.432. The highest BCUT2D eigenvalue weighted by Crippen LogP contribution is 2.24. The molecule has 0 heterocycles. The van der Waals surface area contributed by atoms with Gasteiger partial charge in [0.15, 0.2) is 0 Å². The smallest absolute Gasteiger partial charge is 0.108 e. The van der Waals surface area contributed by atoms with Gasteiger partial charge in [0.25, 0.3) is 0 Å². The van der Waals surface area contributed by atoms with E-state index in [2.05, 4.69) is 0 Å². The molecule has 5 heteroatoms. The molecule has 0 radical (unpaired) electrons. The summed E-state index contributed by atoms with van der Waals surface area (Å²) in [4.78, 5) is 0. The van der Waals surface area contributed by atoms with Gasteiger partial charge in [-0.1, -0.05) is 0 Å². The lowest BCUT2D eigenvalue weighted by Gasteiger charge is -2.38. The van der Waals surface area contributed by atoms with Gasteiger partial charge in [-0.25, -0.2) is 0 Å². The van der Waals surface area contributed by atoms with Crippen LogP contribution in [0.25, 0.3) is 0 Å². The summed E-state index contributed by atoms with van der Waals surface area (Å²) in [6.45, 7) is -0.224. The lowest BCUT2D eigenvalue weighted by molar-refractivity contribution is -0.125. The van der Waals surface area contributed by atoms with Crippen molar-refractivity contribution in [3.8, 4) is 0 Å². The Morgan fingerprint density at radius 3 is 2.17 bits per heavy atom. The molecule has 0 aliphatic heterocycles. The van der Waals surface area contributed by atoms with Crippen molar-refractivity contribution in [1.29, 1.82) is 0 Å². The van der Waals surface area contributed by atoms with Crippen LogP contribution < -0.4 is 5.73 Å². The fourth-order valence-electron chi connectivity index (χ4n) is 1.55. The molecule has 0 aromatic rings. The number of aliphatic hydroxyl groups excluding tert-OH is 4. The third kappa shape index (κ3) is 1.60. The second-order valence-corrected chi connectivity index (χ2v) is 3.31. The minimum Gasteiger partial charge on any atom is -0.396 e. The minimum atomic E-state index is -1.24. The zero-order chi connectivity index (χ0) is 9.30. The Morgan fingerprint density at radius 2 is 1.67 bits per heavy atom. The summed E-state index contributed by atoms with van der Waals surface area (Å²) in [6, 6.07) is -0.569. The molecule has 0 aromatic carbocycles. The summed E-state index contributed by atoms with van der Waals surface area (Å²) in [7, 11) is 0. The number of nitrogens with two attached hydrogens (primary N) is 1. The summed E-state index contributed by atoms with van der Waals surface area (Å²) in [6.07, 6.45) is -3.09. The topological polar surface area (TPSA) is 107 Å². The van der Waals surface area contributed by atoms with Gasteiger partial charge >= 0.3 is 0 Å². The van der Waals surface area contributed by atoms with E-state index >= 15 is 0 Å². The van der Waals surface area contributed by atoms with Crippen molar-refractivity contribution in [1.82, 2.24) is 0 Å². The van der Waals surface area contributed by atoms with Gasteiger partial charge in [0.1, 0.15) is 6.10 Å². The molecule has 0 unspecified atom stereocenters. The van der Waals surface area contributed by atoms with Crippen molar-refractivity contribution in [2.75, 3.05) is 6.61 Å². The first-order valence-corrected chi connectivity index (χ1v) is 3.98. The third-order valence-corrected chi connectivity index (χ3v) is 2.43. The molecule has 5 atom stereocenters. The Labute approximate surface area is 70.4 Å². The summed E-state index contributed by atoms with van der Waals surface area (Å²) in [5.41, 5.74) is 5.46. The number of rotatable bonds is 1. The van der Waals surface area contributed by atoms with Crippen molar-refractivity contribution in [3.05, 3.63) is 0 Å². The molecule has 12 heavy (non-hydrogen) atoms. The molecule has 6 N–H and O–H groups in total. The van der Waals surface area contributed by atoms with Gasteiger partial charge in [-0.3, -0.25) is 0 Å². The van der Waals surface area contributed by atoms with E-state index in [9.17, 15) is 15.3 Å². The molecule has 0 spiro atoms. The van der Waals surface area contributed by atoms with Crippen molar-refractivity contribution in [3.63, 3.8) is 0 Å². The molecule has 1 rings (SSSR count). The van der Waals surface area contributed by atoms with Gasteiger partial charge in [-0.05, 0) is 6.42 Å². The SMILES string of the molecule is N[C@@H]1C[C@H](CO)[C@@H](O)[C@H](O)[C@H]1O. The van der Waals surface area contributed by atoms with E-state index < -0.39 is 30.3 Å². The number of aliphatic hydroxyl groups is 4. The largest absolute Gasteiger partial charge is 0.396 e. The quantitative estimate of drug-likeness (QED) is 0.302. The van der Waals surface area contributed by atoms with Crippen LogP contribution in [0.2, 0.25) is 0 Å². The van der Waals surface area contributed by atoms with Gasteiger partial charge in [-0.15, -0.1) is 0 Å². The Kier molecular flexibility index (Phi) is 3.03. The summed E-state index contributed by atoms with van der Waals surface area (Å²) < 4.78 is 0. The van der Waals surface area contributed by atoms with E-state index in [4.69, 9.17) is 10.8 Å². The highest BCUT2D eigenvalue weighted by molar-refractivity contribution is 4.94. The third-order valence-electron chi connectivity index (χ3n) is 2.43. The van der Waals surface area contributed by atoms with Crippen LogP contribution in [0.1, 0.15) is 6.42 Å². The molecule has 1 aliphatic rings. The van der Waals surface area contributed by atoms with E-state index in [1.807, 2.05) is 0 Å². The maximum Gasteiger partial charge on any atom is 0.108 e. The molecule has 0 saturated heterocycles. The lowest BCUT2D eigenvalue weighted by atomic mass is 9.80. The van der Waals surface area contributed by atoms with Gasteiger partial charge in [-0.2, -0.15) is 0 Å². The highest BCUT2D eigenvalue weighted by Gasteiger charge is 2.40. The fraction of sp³-hybridized carbons (Fsp3) is 1.00. The fourth-order valence-corrected chi connectivity index (χ4v) is 1.55. The van der Waals surface area contributed by atoms with Crippen LogP contribution in [0.5, 0.6) is 0 Å². The van der Waals surface area contributed by atoms with Crippen LogP contribution in [-0.2, 0) is 0 Å². The van der Waals surface area contributed by atoms with E-state index in [0.717, 1.165) is 0 Å². The molecule has 0 amide bonds. The van der Waals surface area contributed by atoms with Gasteiger partial charge in [0.05, 0.1) is 12.2 Å². The predicted molar refractivity (Wildman–Crippen MR) is 41.2 cm³/mol. The zero-order valence-electron chi connectivity index (χ0n) is 6.67. The minimum absolute atomic E-state index is 0.224. The van der Waals surface area contributed by atoms with Crippen molar-refractivity contribution < 1.29 is 20.4 Å². The molecular formula is C7H15NO4. The predicted octanol–water partition coefficient (Wildman–Crippen LogP) is -2.59. The molecule has 1 saturated carbocycles. The number of hydrogen-bond donors (Lipinski definition) is 5. The van der Waals surface area contributed by atoms with E-state index in [-0.39, 0.29) is 6.61 Å². The molecule has 0 bridgehead atoms. The van der Waals surface area contributed by atoms with Crippen LogP contribution in [0, 0.1) is 5.92 Å². The Bertz CT molecular complexity index is 150. The lowest BCUT2D eigenvalue weighted by Crippen LogP contribution is -2.57. The summed E-state index contributed by atoms with van der Waals surface area (Å²) >= 11 is 0. The maximum absolute atomic E-state index is 9.30. The van der Waals surface area contributed by atoms with Crippen LogP contribution >= 0.6 is 0 Å². The standard InChI is InChI=1S/C7H15NO4/c8-4-1-3(2-9)5(10)7(12)6(4)11/h3-7,9-12H,1-2,8H2/t3-,4-,5-,6+,7+/m1/s1. The van der Waals surface area contributed by atoms with Crippen molar-refractivity contribution in [2.45, 2.75) is 30.8 Å². The summed E-state index contributed by atoms with van der Waals surface area (Å²) in [5, 5.41) is 36.5. The first-order valence-electron chi connectivity index (χ1n) is 3.98. The molecule has 1 fully saturated rings. The van der Waals surface area contributed by atoms with Gasteiger partial charge in [0.2, 0.25) is 0 Å². The van der Waals surface area contributed by atoms with Crippen molar-refractivity contribution >= 4 is 0 Å². The second kappa shape index (κ2) is 3.68. The normalized spacial score (nSPS) is 49.2. The van der Waals surface area contributed by atoms with Crippen LogP contribution in [0.4, 0.5) is 0 Å². The van der Waals surface area contributed by atoms with E-state index in [1.165, 1.54) is 0 Å². The van der Waals surface area contributed by atoms with Gasteiger partial charge in [0, 0.05) is 18.6 Å². The monoisotopic (exact) mass is 177 g/mol. The Hall–Kier alpha value is -0.200. The number of hydrogen-bond acceptors (Lipinski definition) is 5. The Balaban J connectivity index is 2.63. The second-order valence-electron chi connectivity index (χ2n) is 3.31. The molecular weight excluding hydrogens is 162 g/mol. The average molecular weight is 177 g/mol. The average Bonchev–Trinajstić information content (AvgIpc) is 2.08. The van der Waals surface area contributed by atoms with E-state index in [0.29, 0.717) is 6.42 Å². The van der Waals surface area contributed by atoms with Crippen LogP contribution in [0.15, 0.2) is 0 Å². The molecule has 1 aliphatic carbocycles. The van der Waals surface area contributed by atoms with Crippen LogP contribution in [0.3, 0.4) is 0 Å². The molecule has 0 aromatic heterocycles. The molecule has 72 valence electrons. The molecule has 5 nitrogen and oxygen atoms in total. The van der Waals surface area contributed by atoms with Gasteiger partial charge < -0.3 is 26.2 Å².